The number of aromatic nitrogens is 2. The lowest BCUT2D eigenvalue weighted by atomic mass is 10.00. The highest BCUT2D eigenvalue weighted by molar-refractivity contribution is 5.81. The van der Waals surface area contributed by atoms with E-state index in [1.165, 1.54) is 42.3 Å². The first-order valence-electron chi connectivity index (χ1n) is 7.97. The van der Waals surface area contributed by atoms with Gasteiger partial charge in [0, 0.05) is 24.5 Å². The van der Waals surface area contributed by atoms with Gasteiger partial charge in [0.2, 0.25) is 0 Å². The van der Waals surface area contributed by atoms with Gasteiger partial charge in [0.15, 0.2) is 0 Å². The molecule has 3 heteroatoms. The number of hydrogen-bond acceptors (Lipinski definition) is 2. The summed E-state index contributed by atoms with van der Waals surface area (Å²) in [6, 6.07) is 9.15. The quantitative estimate of drug-likeness (QED) is 0.898. The van der Waals surface area contributed by atoms with Crippen molar-refractivity contribution in [3.63, 3.8) is 0 Å². The molecule has 1 aromatic heterocycles. The fraction of sp³-hybridized carbons (Fsp3) is 0.588. The Morgan fingerprint density at radius 3 is 2.80 bits per heavy atom. The van der Waals surface area contributed by atoms with Crippen molar-refractivity contribution in [2.75, 3.05) is 0 Å². The molecule has 1 aromatic carbocycles. The fourth-order valence-electron chi connectivity index (χ4n) is 3.45. The molecule has 20 heavy (non-hydrogen) atoms. The molecule has 0 radical (unpaired) electrons. The highest BCUT2D eigenvalue weighted by atomic mass is 15.3. The van der Waals surface area contributed by atoms with E-state index in [4.69, 9.17) is 5.10 Å². The van der Waals surface area contributed by atoms with Gasteiger partial charge in [-0.25, -0.2) is 0 Å². The third-order valence-electron chi connectivity index (χ3n) is 4.73. The number of rotatable bonds is 5. The first kappa shape index (κ1) is 13.6. The van der Waals surface area contributed by atoms with Crippen LogP contribution in [0, 0.1) is 5.92 Å². The monoisotopic (exact) mass is 271 g/mol. The van der Waals surface area contributed by atoms with E-state index in [0.29, 0.717) is 6.04 Å². The van der Waals surface area contributed by atoms with E-state index >= 15 is 0 Å². The number of aryl methyl sites for hydroxylation is 1. The van der Waals surface area contributed by atoms with Gasteiger partial charge in [0.05, 0.1) is 11.2 Å². The molecule has 1 atom stereocenters. The van der Waals surface area contributed by atoms with E-state index in [0.717, 1.165) is 19.0 Å². The van der Waals surface area contributed by atoms with Crippen LogP contribution in [0.1, 0.15) is 45.2 Å². The van der Waals surface area contributed by atoms with Crippen molar-refractivity contribution in [1.29, 1.82) is 0 Å². The molecular formula is C17H25N3. The van der Waals surface area contributed by atoms with Crippen LogP contribution in [0.3, 0.4) is 0 Å². The second-order valence-electron chi connectivity index (χ2n) is 5.99. The normalized spacial score (nSPS) is 17.9. The number of para-hydroxylation sites is 1. The van der Waals surface area contributed by atoms with Crippen LogP contribution in [0.4, 0.5) is 0 Å². The van der Waals surface area contributed by atoms with Gasteiger partial charge < -0.3 is 5.32 Å². The molecule has 3 nitrogen and oxygen atoms in total. The number of nitrogens with one attached hydrogen (secondary N) is 1. The zero-order valence-corrected chi connectivity index (χ0v) is 12.6. The van der Waals surface area contributed by atoms with Gasteiger partial charge in [-0.15, -0.1) is 0 Å². The van der Waals surface area contributed by atoms with Gasteiger partial charge in [-0.3, -0.25) is 4.68 Å². The standard InChI is InChI=1S/C17H25N3/c1-3-20-17-11-7-6-10-15(17)16(19-20)12-18-13(2)14-8-4-5-9-14/h6-7,10-11,13-14,18H,3-5,8-9,12H2,1-2H3. The summed E-state index contributed by atoms with van der Waals surface area (Å²) < 4.78 is 2.10. The van der Waals surface area contributed by atoms with Crippen molar-refractivity contribution < 1.29 is 0 Å². The largest absolute Gasteiger partial charge is 0.308 e. The molecule has 1 aliphatic rings. The second-order valence-corrected chi connectivity index (χ2v) is 5.99. The molecule has 0 saturated heterocycles. The topological polar surface area (TPSA) is 29.9 Å². The van der Waals surface area contributed by atoms with Crippen molar-refractivity contribution in [2.24, 2.45) is 5.92 Å². The Morgan fingerprint density at radius 1 is 1.30 bits per heavy atom. The van der Waals surface area contributed by atoms with Crippen molar-refractivity contribution in [3.8, 4) is 0 Å². The summed E-state index contributed by atoms with van der Waals surface area (Å²) in [5.41, 5.74) is 2.44. The lowest BCUT2D eigenvalue weighted by Gasteiger charge is -2.19. The zero-order valence-electron chi connectivity index (χ0n) is 12.6. The summed E-state index contributed by atoms with van der Waals surface area (Å²) >= 11 is 0. The molecular weight excluding hydrogens is 246 g/mol. The highest BCUT2D eigenvalue weighted by Crippen LogP contribution is 2.28. The molecule has 0 bridgehead atoms. The van der Waals surface area contributed by atoms with Crippen LogP contribution in [-0.2, 0) is 13.1 Å². The molecule has 1 fully saturated rings. The summed E-state index contributed by atoms with van der Waals surface area (Å²) in [4.78, 5) is 0. The Hall–Kier alpha value is -1.35. The Kier molecular flexibility index (Phi) is 4.06. The van der Waals surface area contributed by atoms with E-state index in [9.17, 15) is 0 Å². The molecule has 2 aromatic rings. The van der Waals surface area contributed by atoms with Gasteiger partial charge in [0.25, 0.3) is 0 Å². The predicted octanol–water partition coefficient (Wildman–Crippen LogP) is 3.72. The van der Waals surface area contributed by atoms with Crippen LogP contribution in [0.25, 0.3) is 10.9 Å². The molecule has 0 amide bonds. The number of fused-ring (bicyclic) bond motifs is 1. The highest BCUT2D eigenvalue weighted by Gasteiger charge is 2.21. The van der Waals surface area contributed by atoms with Gasteiger partial charge in [-0.05, 0) is 38.7 Å². The van der Waals surface area contributed by atoms with E-state index < -0.39 is 0 Å². The molecule has 0 spiro atoms. The lowest BCUT2D eigenvalue weighted by Crippen LogP contribution is -2.31. The first-order valence-corrected chi connectivity index (χ1v) is 7.97. The SMILES string of the molecule is CCn1nc(CNC(C)C2CCCC2)c2ccccc21. The molecule has 1 unspecified atom stereocenters. The summed E-state index contributed by atoms with van der Waals surface area (Å²) in [7, 11) is 0. The maximum atomic E-state index is 4.76. The van der Waals surface area contributed by atoms with Gasteiger partial charge in [-0.1, -0.05) is 31.0 Å². The lowest BCUT2D eigenvalue weighted by molar-refractivity contribution is 0.378. The summed E-state index contributed by atoms with van der Waals surface area (Å²) in [6.07, 6.45) is 5.59. The molecule has 108 valence electrons. The summed E-state index contributed by atoms with van der Waals surface area (Å²) in [5.74, 6) is 0.856. The van der Waals surface area contributed by atoms with Crippen LogP contribution < -0.4 is 5.32 Å². The average molecular weight is 271 g/mol. The molecule has 1 N–H and O–H groups in total. The van der Waals surface area contributed by atoms with Crippen molar-refractivity contribution in [3.05, 3.63) is 30.0 Å². The van der Waals surface area contributed by atoms with E-state index in [1.54, 1.807) is 0 Å². The van der Waals surface area contributed by atoms with Gasteiger partial charge in [0.1, 0.15) is 0 Å². The van der Waals surface area contributed by atoms with Crippen LogP contribution in [0.15, 0.2) is 24.3 Å². The van der Waals surface area contributed by atoms with Gasteiger partial charge in [-0.2, -0.15) is 5.10 Å². The summed E-state index contributed by atoms with van der Waals surface area (Å²) in [5, 5.41) is 9.75. The zero-order chi connectivity index (χ0) is 13.9. The van der Waals surface area contributed by atoms with Crippen LogP contribution in [0.5, 0.6) is 0 Å². The minimum Gasteiger partial charge on any atom is -0.308 e. The van der Waals surface area contributed by atoms with Crippen molar-refractivity contribution in [1.82, 2.24) is 15.1 Å². The van der Waals surface area contributed by atoms with Crippen LogP contribution in [-0.4, -0.2) is 15.8 Å². The maximum Gasteiger partial charge on any atom is 0.0841 e. The maximum absolute atomic E-state index is 4.76. The number of hydrogen-bond donors (Lipinski definition) is 1. The average Bonchev–Trinajstić information content (AvgIpc) is 3.13. The van der Waals surface area contributed by atoms with Gasteiger partial charge >= 0.3 is 0 Å². The summed E-state index contributed by atoms with van der Waals surface area (Å²) in [6.45, 7) is 6.29. The Bertz CT molecular complexity index is 567. The Balaban J connectivity index is 1.74. The number of benzene rings is 1. The van der Waals surface area contributed by atoms with E-state index in [-0.39, 0.29) is 0 Å². The van der Waals surface area contributed by atoms with Crippen molar-refractivity contribution in [2.45, 2.75) is 58.7 Å². The minimum absolute atomic E-state index is 0.600. The van der Waals surface area contributed by atoms with E-state index in [1.807, 2.05) is 0 Å². The molecule has 1 saturated carbocycles. The minimum atomic E-state index is 0.600. The fourth-order valence-corrected chi connectivity index (χ4v) is 3.45. The third-order valence-corrected chi connectivity index (χ3v) is 4.73. The van der Waals surface area contributed by atoms with Crippen LogP contribution >= 0.6 is 0 Å². The molecule has 1 heterocycles. The van der Waals surface area contributed by atoms with Crippen LogP contribution in [0.2, 0.25) is 0 Å². The number of nitrogens with zero attached hydrogens (tertiary/aromatic N) is 2. The third kappa shape index (κ3) is 2.59. The predicted molar refractivity (Wildman–Crippen MR) is 83.7 cm³/mol. The van der Waals surface area contributed by atoms with Crippen molar-refractivity contribution >= 4 is 10.9 Å². The molecule has 1 aliphatic carbocycles. The second kappa shape index (κ2) is 5.96. The Labute approximate surface area is 121 Å². The first-order chi connectivity index (χ1) is 9.79. The van der Waals surface area contributed by atoms with E-state index in [2.05, 4.69) is 48.1 Å². The smallest absolute Gasteiger partial charge is 0.0841 e. The molecule has 0 aliphatic heterocycles. The Morgan fingerprint density at radius 2 is 2.05 bits per heavy atom. The molecule has 3 rings (SSSR count).